The first-order valence-electron chi connectivity index (χ1n) is 7.84. The predicted molar refractivity (Wildman–Crippen MR) is 86.2 cm³/mol. The van der Waals surface area contributed by atoms with Crippen LogP contribution in [0.3, 0.4) is 0 Å². The maximum atomic E-state index is 4.75. The van der Waals surface area contributed by atoms with Crippen LogP contribution in [0.4, 0.5) is 5.82 Å². The van der Waals surface area contributed by atoms with E-state index in [1.807, 2.05) is 0 Å². The maximum absolute atomic E-state index is 4.75. The van der Waals surface area contributed by atoms with Crippen LogP contribution in [-0.4, -0.2) is 23.1 Å². The van der Waals surface area contributed by atoms with Gasteiger partial charge in [0, 0.05) is 30.4 Å². The Balaban J connectivity index is 2.15. The molecule has 1 unspecified atom stereocenters. The van der Waals surface area contributed by atoms with E-state index in [-0.39, 0.29) is 5.54 Å². The topological polar surface area (TPSA) is 28.2 Å². The first-order valence-corrected chi connectivity index (χ1v) is 7.84. The Morgan fingerprint density at radius 1 is 1.30 bits per heavy atom. The molecule has 0 aliphatic carbocycles. The summed E-state index contributed by atoms with van der Waals surface area (Å²) >= 11 is 0. The molecule has 1 aromatic heterocycles. The van der Waals surface area contributed by atoms with Crippen molar-refractivity contribution in [3.05, 3.63) is 23.4 Å². The molecule has 0 amide bonds. The summed E-state index contributed by atoms with van der Waals surface area (Å²) in [5, 5.41) is 3.56. The number of piperidine rings is 1. The van der Waals surface area contributed by atoms with Crippen LogP contribution >= 0.6 is 0 Å². The molecule has 1 aromatic rings. The standard InChI is InChI=1S/C17H29N3/c1-13-10-15(12-18-17(3,4)5)11-16(19-13)20-9-7-6-8-14(20)2/h10-11,14,18H,6-9,12H2,1-5H3. The first-order chi connectivity index (χ1) is 9.35. The van der Waals surface area contributed by atoms with Crippen LogP contribution in [-0.2, 0) is 6.54 Å². The van der Waals surface area contributed by atoms with E-state index in [2.05, 4.69) is 57.0 Å². The number of pyridine rings is 1. The van der Waals surface area contributed by atoms with Gasteiger partial charge in [-0.25, -0.2) is 4.98 Å². The molecule has 0 aromatic carbocycles. The summed E-state index contributed by atoms with van der Waals surface area (Å²) in [5.41, 5.74) is 2.60. The number of hydrogen-bond acceptors (Lipinski definition) is 3. The van der Waals surface area contributed by atoms with Crippen molar-refractivity contribution >= 4 is 5.82 Å². The van der Waals surface area contributed by atoms with Gasteiger partial charge in [0.25, 0.3) is 0 Å². The molecule has 1 N–H and O–H groups in total. The smallest absolute Gasteiger partial charge is 0.129 e. The molecule has 0 spiro atoms. The van der Waals surface area contributed by atoms with E-state index in [0.717, 1.165) is 24.6 Å². The van der Waals surface area contributed by atoms with Crippen molar-refractivity contribution in [2.45, 2.75) is 72.0 Å². The molecule has 0 radical (unpaired) electrons. The third-order valence-corrected chi connectivity index (χ3v) is 3.92. The van der Waals surface area contributed by atoms with E-state index in [4.69, 9.17) is 4.98 Å². The van der Waals surface area contributed by atoms with E-state index < -0.39 is 0 Å². The zero-order valence-electron chi connectivity index (χ0n) is 13.7. The number of nitrogens with zero attached hydrogens (tertiary/aromatic N) is 2. The van der Waals surface area contributed by atoms with Gasteiger partial charge in [0.05, 0.1) is 0 Å². The summed E-state index contributed by atoms with van der Waals surface area (Å²) in [4.78, 5) is 7.22. The van der Waals surface area contributed by atoms with Crippen molar-refractivity contribution in [1.29, 1.82) is 0 Å². The van der Waals surface area contributed by atoms with E-state index >= 15 is 0 Å². The molecule has 1 aliphatic heterocycles. The van der Waals surface area contributed by atoms with Crippen LogP contribution in [0.1, 0.15) is 58.2 Å². The van der Waals surface area contributed by atoms with E-state index in [1.165, 1.54) is 24.8 Å². The van der Waals surface area contributed by atoms with Crippen LogP contribution < -0.4 is 10.2 Å². The minimum absolute atomic E-state index is 0.149. The highest BCUT2D eigenvalue weighted by Gasteiger charge is 2.20. The molecule has 1 saturated heterocycles. The average Bonchev–Trinajstić information content (AvgIpc) is 2.35. The fourth-order valence-electron chi connectivity index (χ4n) is 2.78. The summed E-state index contributed by atoms with van der Waals surface area (Å²) in [6.45, 7) is 13.1. The molecular formula is C17H29N3. The summed E-state index contributed by atoms with van der Waals surface area (Å²) in [6, 6.07) is 5.06. The molecule has 2 rings (SSSR count). The monoisotopic (exact) mass is 275 g/mol. The van der Waals surface area contributed by atoms with Gasteiger partial charge < -0.3 is 10.2 Å². The highest BCUT2D eigenvalue weighted by atomic mass is 15.2. The molecule has 3 nitrogen and oxygen atoms in total. The zero-order valence-corrected chi connectivity index (χ0v) is 13.7. The van der Waals surface area contributed by atoms with Crippen molar-refractivity contribution in [1.82, 2.24) is 10.3 Å². The van der Waals surface area contributed by atoms with Gasteiger partial charge in [-0.3, -0.25) is 0 Å². The molecule has 1 atom stereocenters. The fourth-order valence-corrected chi connectivity index (χ4v) is 2.78. The lowest BCUT2D eigenvalue weighted by Gasteiger charge is -2.35. The second-order valence-electron chi connectivity index (χ2n) is 7.12. The van der Waals surface area contributed by atoms with Gasteiger partial charge in [-0.2, -0.15) is 0 Å². The van der Waals surface area contributed by atoms with Crippen molar-refractivity contribution < 1.29 is 0 Å². The highest BCUT2D eigenvalue weighted by Crippen LogP contribution is 2.24. The summed E-state index contributed by atoms with van der Waals surface area (Å²) in [5.74, 6) is 1.16. The van der Waals surface area contributed by atoms with Crippen LogP contribution in [0.2, 0.25) is 0 Å². The van der Waals surface area contributed by atoms with Crippen molar-refractivity contribution in [2.24, 2.45) is 0 Å². The Labute approximate surface area is 123 Å². The number of aromatic nitrogens is 1. The SMILES string of the molecule is Cc1cc(CNC(C)(C)C)cc(N2CCCCC2C)n1. The molecule has 0 bridgehead atoms. The number of anilines is 1. The fraction of sp³-hybridized carbons (Fsp3) is 0.706. The van der Waals surface area contributed by atoms with Crippen LogP contribution in [0.5, 0.6) is 0 Å². The predicted octanol–water partition coefficient (Wildman–Crippen LogP) is 3.66. The van der Waals surface area contributed by atoms with Crippen molar-refractivity contribution in [3.8, 4) is 0 Å². The minimum Gasteiger partial charge on any atom is -0.354 e. The highest BCUT2D eigenvalue weighted by molar-refractivity contribution is 5.44. The molecule has 112 valence electrons. The van der Waals surface area contributed by atoms with Gasteiger partial charge in [-0.05, 0) is 71.6 Å². The molecule has 20 heavy (non-hydrogen) atoms. The Morgan fingerprint density at radius 3 is 2.70 bits per heavy atom. The Kier molecular flexibility index (Phi) is 4.69. The van der Waals surface area contributed by atoms with Gasteiger partial charge in [0.2, 0.25) is 0 Å². The Hall–Kier alpha value is -1.09. The summed E-state index contributed by atoms with van der Waals surface area (Å²) in [7, 11) is 0. The lowest BCUT2D eigenvalue weighted by atomic mass is 10.0. The minimum atomic E-state index is 0.149. The van der Waals surface area contributed by atoms with Gasteiger partial charge in [0.15, 0.2) is 0 Å². The van der Waals surface area contributed by atoms with Crippen molar-refractivity contribution in [3.63, 3.8) is 0 Å². The van der Waals surface area contributed by atoms with Gasteiger partial charge in [-0.1, -0.05) is 0 Å². The molecule has 3 heteroatoms. The number of rotatable bonds is 3. The van der Waals surface area contributed by atoms with Crippen LogP contribution in [0.25, 0.3) is 0 Å². The van der Waals surface area contributed by atoms with Gasteiger partial charge >= 0.3 is 0 Å². The lowest BCUT2D eigenvalue weighted by molar-refractivity contribution is 0.424. The maximum Gasteiger partial charge on any atom is 0.129 e. The third-order valence-electron chi connectivity index (χ3n) is 3.92. The normalized spacial score (nSPS) is 20.2. The van der Waals surface area contributed by atoms with E-state index in [0.29, 0.717) is 6.04 Å². The van der Waals surface area contributed by atoms with Crippen LogP contribution in [0, 0.1) is 6.92 Å². The third kappa shape index (κ3) is 4.20. The van der Waals surface area contributed by atoms with Crippen LogP contribution in [0.15, 0.2) is 12.1 Å². The molecule has 0 saturated carbocycles. The van der Waals surface area contributed by atoms with E-state index in [1.54, 1.807) is 0 Å². The summed E-state index contributed by atoms with van der Waals surface area (Å²) in [6.07, 6.45) is 3.92. The van der Waals surface area contributed by atoms with Gasteiger partial charge in [-0.15, -0.1) is 0 Å². The quantitative estimate of drug-likeness (QED) is 0.912. The molecular weight excluding hydrogens is 246 g/mol. The van der Waals surface area contributed by atoms with E-state index in [9.17, 15) is 0 Å². The first kappa shape index (κ1) is 15.3. The zero-order chi connectivity index (χ0) is 14.8. The number of nitrogens with one attached hydrogen (secondary N) is 1. The molecule has 1 fully saturated rings. The average molecular weight is 275 g/mol. The Morgan fingerprint density at radius 2 is 2.05 bits per heavy atom. The largest absolute Gasteiger partial charge is 0.354 e. The Bertz CT molecular complexity index is 448. The second kappa shape index (κ2) is 6.13. The molecule has 1 aliphatic rings. The number of hydrogen-bond donors (Lipinski definition) is 1. The van der Waals surface area contributed by atoms with Gasteiger partial charge in [0.1, 0.15) is 5.82 Å². The lowest BCUT2D eigenvalue weighted by Crippen LogP contribution is -2.38. The number of aryl methyl sites for hydroxylation is 1. The van der Waals surface area contributed by atoms with Crippen molar-refractivity contribution in [2.75, 3.05) is 11.4 Å². The summed E-state index contributed by atoms with van der Waals surface area (Å²) < 4.78 is 0. The molecule has 2 heterocycles. The second-order valence-corrected chi connectivity index (χ2v) is 7.12.